The van der Waals surface area contributed by atoms with Crippen molar-refractivity contribution in [3.63, 3.8) is 0 Å². The van der Waals surface area contributed by atoms with E-state index in [0.717, 1.165) is 29.0 Å². The van der Waals surface area contributed by atoms with E-state index in [4.69, 9.17) is 4.99 Å². The van der Waals surface area contributed by atoms with Crippen LogP contribution in [-0.2, 0) is 27.2 Å². The van der Waals surface area contributed by atoms with Crippen molar-refractivity contribution in [2.24, 2.45) is 19.1 Å². The van der Waals surface area contributed by atoms with Crippen LogP contribution in [0.2, 0.25) is 0 Å². The normalized spacial score (nSPS) is 14.4. The zero-order valence-corrected chi connectivity index (χ0v) is 17.8. The van der Waals surface area contributed by atoms with Crippen molar-refractivity contribution in [3.8, 4) is 0 Å². The Hall–Kier alpha value is -1.65. The molecule has 1 aliphatic carbocycles. The maximum absolute atomic E-state index is 4.74. The van der Waals surface area contributed by atoms with Gasteiger partial charge in [-0.05, 0) is 33.6 Å². The lowest BCUT2D eigenvalue weighted by Crippen LogP contribution is -2.38. The summed E-state index contributed by atoms with van der Waals surface area (Å²) in [4.78, 5) is 4.74. The zero-order valence-electron chi connectivity index (χ0n) is 15.5. The molecule has 0 radical (unpaired) electrons. The van der Waals surface area contributed by atoms with Gasteiger partial charge in [0.25, 0.3) is 0 Å². The van der Waals surface area contributed by atoms with Gasteiger partial charge in [-0.2, -0.15) is 5.10 Å². The van der Waals surface area contributed by atoms with Crippen LogP contribution >= 0.6 is 24.0 Å². The Bertz CT molecular complexity index is 757. The molecule has 138 valence electrons. The number of rotatable bonds is 5. The minimum atomic E-state index is 0. The Morgan fingerprint density at radius 2 is 1.92 bits per heavy atom. The average Bonchev–Trinajstić information content (AvgIpc) is 3.26. The third-order valence-corrected chi connectivity index (χ3v) is 4.57. The number of hydrogen-bond donors (Lipinski definition) is 2. The standard InChI is InChI=1S/C16H26N8.HI/c1-10-14(11(2)24(5)22-10)8-17-16(19-13-6-7-13)18-9-15-21-20-12(3)23(15)4;/h13H,6-9H2,1-5H3,(H2,17,18,19);1H. The Morgan fingerprint density at radius 3 is 2.44 bits per heavy atom. The van der Waals surface area contributed by atoms with E-state index in [-0.39, 0.29) is 24.0 Å². The molecule has 0 aromatic carbocycles. The molecule has 2 heterocycles. The molecule has 8 nitrogen and oxygen atoms in total. The fourth-order valence-corrected chi connectivity index (χ4v) is 2.55. The third-order valence-electron chi connectivity index (χ3n) is 4.57. The molecule has 0 saturated heterocycles. The van der Waals surface area contributed by atoms with Crippen molar-refractivity contribution in [2.75, 3.05) is 0 Å². The van der Waals surface area contributed by atoms with Crippen LogP contribution in [0, 0.1) is 20.8 Å². The van der Waals surface area contributed by atoms with Crippen LogP contribution in [0.3, 0.4) is 0 Å². The Morgan fingerprint density at radius 1 is 1.20 bits per heavy atom. The molecule has 1 fully saturated rings. The minimum absolute atomic E-state index is 0. The van der Waals surface area contributed by atoms with Gasteiger partial charge in [0.1, 0.15) is 5.82 Å². The van der Waals surface area contributed by atoms with Crippen LogP contribution in [0.25, 0.3) is 0 Å². The van der Waals surface area contributed by atoms with E-state index < -0.39 is 0 Å². The van der Waals surface area contributed by atoms with Gasteiger partial charge >= 0.3 is 0 Å². The fourth-order valence-electron chi connectivity index (χ4n) is 2.55. The molecule has 0 unspecified atom stereocenters. The van der Waals surface area contributed by atoms with Gasteiger partial charge in [0.15, 0.2) is 11.8 Å². The SMILES string of the molecule is Cc1nn(C)c(C)c1CN=C(NCc1nnc(C)n1C)NC1CC1.I. The monoisotopic (exact) mass is 458 g/mol. The number of guanidine groups is 1. The maximum atomic E-state index is 4.74. The number of hydrogen-bond acceptors (Lipinski definition) is 4. The highest BCUT2D eigenvalue weighted by molar-refractivity contribution is 14.0. The Kier molecular flexibility index (Phi) is 6.42. The molecular formula is C16H27IN8. The van der Waals surface area contributed by atoms with Crippen LogP contribution < -0.4 is 10.6 Å². The van der Waals surface area contributed by atoms with Crippen LogP contribution in [0.15, 0.2) is 4.99 Å². The largest absolute Gasteiger partial charge is 0.354 e. The van der Waals surface area contributed by atoms with E-state index in [0.29, 0.717) is 19.1 Å². The average molecular weight is 458 g/mol. The van der Waals surface area contributed by atoms with Gasteiger partial charge in [-0.3, -0.25) is 4.68 Å². The maximum Gasteiger partial charge on any atom is 0.192 e. The fraction of sp³-hybridized carbons (Fsp3) is 0.625. The van der Waals surface area contributed by atoms with Gasteiger partial charge in [0.2, 0.25) is 0 Å². The second-order valence-corrected chi connectivity index (χ2v) is 6.43. The number of aromatic nitrogens is 5. The second-order valence-electron chi connectivity index (χ2n) is 6.43. The van der Waals surface area contributed by atoms with Crippen molar-refractivity contribution in [2.45, 2.75) is 52.7 Å². The molecule has 0 atom stereocenters. The highest BCUT2D eigenvalue weighted by Crippen LogP contribution is 2.18. The molecule has 0 spiro atoms. The Labute approximate surface area is 165 Å². The predicted octanol–water partition coefficient (Wildman–Crippen LogP) is 1.49. The first kappa shape index (κ1) is 19.7. The first-order valence-electron chi connectivity index (χ1n) is 8.34. The smallest absolute Gasteiger partial charge is 0.192 e. The van der Waals surface area contributed by atoms with Crippen molar-refractivity contribution in [3.05, 3.63) is 28.6 Å². The topological polar surface area (TPSA) is 85.0 Å². The molecule has 25 heavy (non-hydrogen) atoms. The molecule has 0 amide bonds. The summed E-state index contributed by atoms with van der Waals surface area (Å²) in [5.41, 5.74) is 3.38. The lowest BCUT2D eigenvalue weighted by Gasteiger charge is -2.12. The van der Waals surface area contributed by atoms with Gasteiger partial charge in [0.05, 0.1) is 18.8 Å². The number of nitrogens with one attached hydrogen (secondary N) is 2. The molecular weight excluding hydrogens is 431 g/mol. The number of aliphatic imine (C=N–C) groups is 1. The first-order chi connectivity index (χ1) is 11.5. The molecule has 3 rings (SSSR count). The summed E-state index contributed by atoms with van der Waals surface area (Å²) in [5.74, 6) is 2.62. The van der Waals surface area contributed by atoms with E-state index in [2.05, 4.69) is 32.9 Å². The summed E-state index contributed by atoms with van der Waals surface area (Å²) in [7, 11) is 3.94. The second kappa shape index (κ2) is 8.15. The molecule has 2 N–H and O–H groups in total. The quantitative estimate of drug-likeness (QED) is 0.403. The summed E-state index contributed by atoms with van der Waals surface area (Å²) in [6.07, 6.45) is 2.41. The highest BCUT2D eigenvalue weighted by Gasteiger charge is 2.22. The van der Waals surface area contributed by atoms with E-state index in [1.807, 2.05) is 37.2 Å². The van der Waals surface area contributed by atoms with Gasteiger partial charge in [0, 0.05) is 31.4 Å². The van der Waals surface area contributed by atoms with Crippen molar-refractivity contribution in [1.82, 2.24) is 35.2 Å². The van der Waals surface area contributed by atoms with Gasteiger partial charge in [-0.15, -0.1) is 34.2 Å². The third kappa shape index (κ3) is 4.71. The summed E-state index contributed by atoms with van der Waals surface area (Å²) in [6, 6.07) is 0.536. The van der Waals surface area contributed by atoms with E-state index in [1.54, 1.807) is 0 Å². The van der Waals surface area contributed by atoms with Crippen LogP contribution in [-0.4, -0.2) is 36.5 Å². The zero-order chi connectivity index (χ0) is 17.3. The lowest BCUT2D eigenvalue weighted by molar-refractivity contribution is 0.712. The molecule has 2 aromatic rings. The predicted molar refractivity (Wildman–Crippen MR) is 108 cm³/mol. The Balaban J connectivity index is 0.00000225. The summed E-state index contributed by atoms with van der Waals surface area (Å²) in [5, 5.41) is 19.6. The van der Waals surface area contributed by atoms with E-state index >= 15 is 0 Å². The molecule has 9 heteroatoms. The molecule has 1 aliphatic rings. The summed E-state index contributed by atoms with van der Waals surface area (Å²) >= 11 is 0. The number of aryl methyl sites for hydroxylation is 3. The van der Waals surface area contributed by atoms with E-state index in [9.17, 15) is 0 Å². The van der Waals surface area contributed by atoms with Crippen LogP contribution in [0.5, 0.6) is 0 Å². The van der Waals surface area contributed by atoms with E-state index in [1.165, 1.54) is 18.4 Å². The van der Waals surface area contributed by atoms with Crippen molar-refractivity contribution >= 4 is 29.9 Å². The van der Waals surface area contributed by atoms with Crippen LogP contribution in [0.1, 0.15) is 41.4 Å². The van der Waals surface area contributed by atoms with Gasteiger partial charge in [-0.25, -0.2) is 4.99 Å². The van der Waals surface area contributed by atoms with Gasteiger partial charge in [-0.1, -0.05) is 0 Å². The van der Waals surface area contributed by atoms with Crippen molar-refractivity contribution < 1.29 is 0 Å². The molecule has 0 aliphatic heterocycles. The number of nitrogens with zero attached hydrogens (tertiary/aromatic N) is 6. The molecule has 1 saturated carbocycles. The summed E-state index contributed by atoms with van der Waals surface area (Å²) in [6.45, 7) is 7.27. The lowest BCUT2D eigenvalue weighted by atomic mass is 10.2. The highest BCUT2D eigenvalue weighted by atomic mass is 127. The van der Waals surface area contributed by atoms with Gasteiger partial charge < -0.3 is 15.2 Å². The molecule has 2 aromatic heterocycles. The number of halogens is 1. The molecule has 0 bridgehead atoms. The minimum Gasteiger partial charge on any atom is -0.354 e. The van der Waals surface area contributed by atoms with Crippen molar-refractivity contribution in [1.29, 1.82) is 0 Å². The van der Waals surface area contributed by atoms with Crippen LogP contribution in [0.4, 0.5) is 0 Å². The first-order valence-corrected chi connectivity index (χ1v) is 8.34. The summed E-state index contributed by atoms with van der Waals surface area (Å²) < 4.78 is 3.89.